The number of rotatable bonds is 2. The second kappa shape index (κ2) is 5.36. The Morgan fingerprint density at radius 1 is 1.17 bits per heavy atom. The molecule has 0 saturated carbocycles. The third-order valence-electron chi connectivity index (χ3n) is 4.71. The van der Waals surface area contributed by atoms with Crippen LogP contribution < -0.4 is 9.97 Å². The van der Waals surface area contributed by atoms with Crippen LogP contribution in [-0.4, -0.2) is 28.9 Å². The van der Waals surface area contributed by atoms with Crippen LogP contribution in [0.3, 0.4) is 0 Å². The average molecular weight is 332 g/mol. The number of halogens is 1. The summed E-state index contributed by atoms with van der Waals surface area (Å²) in [5, 5.41) is 10.5. The summed E-state index contributed by atoms with van der Waals surface area (Å²) in [5.41, 5.74) is 0.842. The van der Waals surface area contributed by atoms with E-state index in [9.17, 15) is 14.1 Å². The van der Waals surface area contributed by atoms with Gasteiger partial charge in [0, 0.05) is 24.8 Å². The van der Waals surface area contributed by atoms with Crippen LogP contribution in [0.1, 0.15) is 12.8 Å². The molecule has 0 radical (unpaired) electrons. The van der Waals surface area contributed by atoms with Gasteiger partial charge in [-0.3, -0.25) is 4.57 Å². The van der Waals surface area contributed by atoms with Gasteiger partial charge in [0.1, 0.15) is 11.6 Å². The summed E-state index contributed by atoms with van der Waals surface area (Å²) in [5.74, 6) is -0.591. The van der Waals surface area contributed by atoms with Crippen molar-refractivity contribution in [3.05, 3.63) is 54.3 Å². The summed E-state index contributed by atoms with van der Waals surface area (Å²) in [6.45, 7) is 1.35. The lowest BCUT2D eigenvalue weighted by Gasteiger charge is -2.31. The van der Waals surface area contributed by atoms with Crippen LogP contribution in [0, 0.1) is 5.82 Å². The fourth-order valence-corrected chi connectivity index (χ4v) is 7.05. The molecule has 0 bridgehead atoms. The fraction of sp³-hybridized carbons (Fsp3) is 0.294. The third-order valence-corrected chi connectivity index (χ3v) is 7.97. The van der Waals surface area contributed by atoms with Crippen molar-refractivity contribution in [2.24, 2.45) is 0 Å². The van der Waals surface area contributed by atoms with Gasteiger partial charge in [0.05, 0.1) is 5.30 Å². The molecule has 2 aliphatic rings. The van der Waals surface area contributed by atoms with E-state index in [4.69, 9.17) is 0 Å². The molecule has 0 aliphatic carbocycles. The van der Waals surface area contributed by atoms with Crippen LogP contribution in [0.15, 0.2) is 48.5 Å². The number of fused-ring (bicyclic) bond motifs is 1. The zero-order valence-electron chi connectivity index (χ0n) is 12.6. The quantitative estimate of drug-likeness (QED) is 0.857. The molecular weight excluding hydrogens is 314 g/mol. The van der Waals surface area contributed by atoms with Crippen molar-refractivity contribution in [1.29, 1.82) is 0 Å². The van der Waals surface area contributed by atoms with Gasteiger partial charge in [-0.05, 0) is 43.2 Å². The van der Waals surface area contributed by atoms with Gasteiger partial charge < -0.3 is 9.78 Å². The highest BCUT2D eigenvalue weighted by Crippen LogP contribution is 2.62. The van der Waals surface area contributed by atoms with E-state index in [1.807, 2.05) is 39.7 Å². The highest BCUT2D eigenvalue weighted by Gasteiger charge is 2.52. The molecule has 6 heteroatoms. The predicted octanol–water partition coefficient (Wildman–Crippen LogP) is 3.33. The second-order valence-electron chi connectivity index (χ2n) is 6.05. The second-order valence-corrected chi connectivity index (χ2v) is 8.62. The molecule has 2 aromatic carbocycles. The monoisotopic (exact) mass is 332 g/mol. The molecule has 0 spiro atoms. The van der Waals surface area contributed by atoms with Crippen LogP contribution in [0.4, 0.5) is 10.1 Å². The van der Waals surface area contributed by atoms with Crippen LogP contribution in [0.25, 0.3) is 0 Å². The Hall–Kier alpha value is -1.84. The van der Waals surface area contributed by atoms with E-state index in [1.54, 1.807) is 0 Å². The summed E-state index contributed by atoms with van der Waals surface area (Å²) >= 11 is 0. The Morgan fingerprint density at radius 2 is 1.96 bits per heavy atom. The predicted molar refractivity (Wildman–Crippen MR) is 88.8 cm³/mol. The molecule has 2 aliphatic heterocycles. The average Bonchev–Trinajstić information content (AvgIpc) is 3.13. The smallest absolute Gasteiger partial charge is 0.273 e. The lowest BCUT2D eigenvalue weighted by Crippen LogP contribution is -2.27. The van der Waals surface area contributed by atoms with Gasteiger partial charge in [0.15, 0.2) is 0 Å². The normalized spacial score (nSPS) is 27.3. The van der Waals surface area contributed by atoms with Crippen LogP contribution in [-0.2, 0) is 4.57 Å². The molecule has 2 heterocycles. The van der Waals surface area contributed by atoms with Crippen LogP contribution >= 0.6 is 7.44 Å². The van der Waals surface area contributed by atoms with Crippen molar-refractivity contribution in [1.82, 2.24) is 4.67 Å². The van der Waals surface area contributed by atoms with Gasteiger partial charge in [0.2, 0.25) is 0 Å². The van der Waals surface area contributed by atoms with Gasteiger partial charge in [0.25, 0.3) is 7.44 Å². The Labute approximate surface area is 134 Å². The van der Waals surface area contributed by atoms with E-state index in [-0.39, 0.29) is 17.1 Å². The van der Waals surface area contributed by atoms with Crippen molar-refractivity contribution in [3.63, 3.8) is 0 Å². The zero-order chi connectivity index (χ0) is 16.0. The minimum absolute atomic E-state index is 0.108. The maximum absolute atomic E-state index is 14.1. The van der Waals surface area contributed by atoms with Crippen molar-refractivity contribution in [2.45, 2.75) is 18.9 Å². The zero-order valence-corrected chi connectivity index (χ0v) is 13.5. The van der Waals surface area contributed by atoms with E-state index in [0.29, 0.717) is 13.1 Å². The minimum Gasteiger partial charge on any atom is -0.507 e. The van der Waals surface area contributed by atoms with Gasteiger partial charge in [-0.25, -0.2) is 9.06 Å². The lowest BCUT2D eigenvalue weighted by molar-refractivity contribution is 0.433. The van der Waals surface area contributed by atoms with E-state index in [1.165, 1.54) is 18.2 Å². The molecule has 120 valence electrons. The first-order valence-electron chi connectivity index (χ1n) is 7.80. The Morgan fingerprint density at radius 3 is 2.74 bits per heavy atom. The molecule has 2 saturated heterocycles. The maximum Gasteiger partial charge on any atom is 0.273 e. The van der Waals surface area contributed by atoms with E-state index in [0.717, 1.165) is 18.5 Å². The molecule has 2 fully saturated rings. The van der Waals surface area contributed by atoms with Crippen LogP contribution in [0.5, 0.6) is 5.75 Å². The largest absolute Gasteiger partial charge is 0.507 e. The highest BCUT2D eigenvalue weighted by atomic mass is 31.2. The van der Waals surface area contributed by atoms with Gasteiger partial charge in [-0.15, -0.1) is 0 Å². The molecule has 1 N–H and O–H groups in total. The molecule has 0 aromatic heterocycles. The maximum atomic E-state index is 14.1. The van der Waals surface area contributed by atoms with E-state index in [2.05, 4.69) is 0 Å². The Balaban J connectivity index is 1.90. The number of benzene rings is 2. The molecule has 0 amide bonds. The summed E-state index contributed by atoms with van der Waals surface area (Å²) < 4.78 is 31.7. The fourth-order valence-electron chi connectivity index (χ4n) is 3.67. The number of para-hydroxylation sites is 1. The number of aromatic hydroxyl groups is 1. The van der Waals surface area contributed by atoms with E-state index >= 15 is 0 Å². The van der Waals surface area contributed by atoms with E-state index < -0.39 is 13.3 Å². The molecule has 0 unspecified atom stereocenters. The number of phenolic OH excluding ortho intramolecular Hbond substituents is 1. The Bertz CT molecular complexity index is 783. The first-order chi connectivity index (χ1) is 11.1. The molecule has 2 aromatic rings. The van der Waals surface area contributed by atoms with Crippen LogP contribution in [0.2, 0.25) is 0 Å². The topological polar surface area (TPSA) is 43.8 Å². The number of anilines is 1. The van der Waals surface area contributed by atoms with Gasteiger partial charge in [-0.2, -0.15) is 0 Å². The number of hydrogen-bond donors (Lipinski definition) is 1. The highest BCUT2D eigenvalue weighted by molar-refractivity contribution is 7.71. The van der Waals surface area contributed by atoms with Crippen molar-refractivity contribution in [2.75, 3.05) is 17.8 Å². The number of nitrogens with zero attached hydrogens (tertiary/aromatic N) is 2. The van der Waals surface area contributed by atoms with Gasteiger partial charge >= 0.3 is 0 Å². The van der Waals surface area contributed by atoms with Crippen molar-refractivity contribution < 1.29 is 14.1 Å². The summed E-state index contributed by atoms with van der Waals surface area (Å²) in [6, 6.07) is 13.4. The summed E-state index contributed by atoms with van der Waals surface area (Å²) in [7, 11) is -3.25. The first kappa shape index (κ1) is 14.7. The molecule has 4 rings (SSSR count). The summed E-state index contributed by atoms with van der Waals surface area (Å²) in [4.78, 5) is 0. The van der Waals surface area contributed by atoms with Crippen molar-refractivity contribution >= 4 is 18.4 Å². The molecule has 23 heavy (non-hydrogen) atoms. The third kappa shape index (κ3) is 2.19. The number of phenols is 1. The Kier molecular flexibility index (Phi) is 3.43. The number of hydrogen-bond acceptors (Lipinski definition) is 2. The molecular formula is C17H18FN2O2P. The minimum atomic E-state index is -3.25. The lowest BCUT2D eigenvalue weighted by atomic mass is 10.2. The summed E-state index contributed by atoms with van der Waals surface area (Å²) in [6.07, 6.45) is 1.96. The van der Waals surface area contributed by atoms with Crippen molar-refractivity contribution in [3.8, 4) is 5.75 Å². The molecule has 4 nitrogen and oxygen atoms in total. The SMILES string of the molecule is O=[P@]1(c2cc(F)ccc2O)N(c2ccccc2)C[C@@H]2CCCN21. The molecule has 2 atom stereocenters. The standard InChI is InChI=1S/C17H18FN2O2P/c18-13-8-9-16(21)17(11-13)23(22)19-10-4-7-15(19)12-20(23)14-5-2-1-3-6-14/h1-3,5-6,8-9,11,15,21H,4,7,10,12H2/t15-,23-/m0/s1. The van der Waals surface area contributed by atoms with Gasteiger partial charge in [-0.1, -0.05) is 18.2 Å². The first-order valence-corrected chi connectivity index (χ1v) is 9.41.